The lowest BCUT2D eigenvalue weighted by Crippen LogP contribution is -2.34. The zero-order chi connectivity index (χ0) is 38.2. The van der Waals surface area contributed by atoms with Crippen LogP contribution in [-0.2, 0) is 10.8 Å². The van der Waals surface area contributed by atoms with Crippen LogP contribution in [0.25, 0.3) is 33.0 Å². The number of allylic oxidation sites excluding steroid dienone is 8. The quantitative estimate of drug-likeness (QED) is 0.181. The molecular weight excluding hydrogens is 691 g/mol. The maximum absolute atomic E-state index is 9.77. The Balaban J connectivity index is 1.14. The summed E-state index contributed by atoms with van der Waals surface area (Å²) in [6.07, 6.45) is 13.1. The standard InChI is InChI=1S/C54H41N3/c1-53(2,3)34-22-26-36(27-23-34)56(35-24-20-33(32-55)21-25-35)48-31-29-40-39-14-7-11-19-47(39)57-51(40)50(48)42-28-30-46-49(52(42)57)41-15-6-10-18-45(41)54(46)43-16-8-4-12-37(43)38-13-5-9-17-44(38)54/h4-16,18-31,42,44,52H,17H2,1-3H3. The lowest BCUT2D eigenvalue weighted by molar-refractivity contribution is 0.487. The highest BCUT2D eigenvalue weighted by Crippen LogP contribution is 2.69. The van der Waals surface area contributed by atoms with Crippen molar-refractivity contribution in [2.75, 3.05) is 4.90 Å². The van der Waals surface area contributed by atoms with Gasteiger partial charge in [-0.25, -0.2) is 0 Å². The zero-order valence-electron chi connectivity index (χ0n) is 32.4. The van der Waals surface area contributed by atoms with Gasteiger partial charge in [-0.05, 0) is 105 Å². The van der Waals surface area contributed by atoms with Gasteiger partial charge in [0.15, 0.2) is 0 Å². The van der Waals surface area contributed by atoms with Gasteiger partial charge in [-0.15, -0.1) is 0 Å². The van der Waals surface area contributed by atoms with Gasteiger partial charge in [-0.3, -0.25) is 0 Å². The molecule has 1 spiro atoms. The van der Waals surface area contributed by atoms with E-state index >= 15 is 0 Å². The highest BCUT2D eigenvalue weighted by Gasteiger charge is 2.59. The van der Waals surface area contributed by atoms with Crippen LogP contribution in [0.1, 0.15) is 78.1 Å². The molecule has 0 N–H and O–H groups in total. The van der Waals surface area contributed by atoms with E-state index in [0.29, 0.717) is 11.5 Å². The van der Waals surface area contributed by atoms with Crippen molar-refractivity contribution < 1.29 is 0 Å². The maximum atomic E-state index is 9.77. The molecule has 3 nitrogen and oxygen atoms in total. The van der Waals surface area contributed by atoms with E-state index in [4.69, 9.17) is 0 Å². The summed E-state index contributed by atoms with van der Waals surface area (Å²) in [5, 5.41) is 12.4. The third-order valence-electron chi connectivity index (χ3n) is 13.8. The van der Waals surface area contributed by atoms with Crippen LogP contribution in [0.5, 0.6) is 0 Å². The molecule has 5 aliphatic rings. The predicted octanol–water partition coefficient (Wildman–Crippen LogP) is 13.4. The summed E-state index contributed by atoms with van der Waals surface area (Å²) in [5.74, 6) is 0.441. The molecule has 6 aromatic carbocycles. The van der Waals surface area contributed by atoms with E-state index in [1.54, 1.807) is 0 Å². The van der Waals surface area contributed by atoms with Gasteiger partial charge in [-0.2, -0.15) is 5.26 Å². The molecule has 0 saturated heterocycles. The smallest absolute Gasteiger partial charge is 0.0991 e. The van der Waals surface area contributed by atoms with Gasteiger partial charge in [0.05, 0.1) is 34.3 Å². The molecule has 0 saturated carbocycles. The SMILES string of the molecule is CC(C)(C)c1ccc(N(c2ccc(C#N)cc2)c2ccc3c4ccccc4n4c3c2C2C=CC3=C(c5ccccc5C35c3ccccc3C3=CC=CCC35)C24)cc1. The third kappa shape index (κ3) is 4.15. The average Bonchev–Trinajstić information content (AvgIpc) is 3.96. The first-order valence-electron chi connectivity index (χ1n) is 20.4. The minimum Gasteiger partial charge on any atom is -0.332 e. The molecule has 12 rings (SSSR count). The molecule has 4 aliphatic carbocycles. The van der Waals surface area contributed by atoms with E-state index in [1.165, 1.54) is 77.6 Å². The Labute approximate surface area is 333 Å². The second-order valence-corrected chi connectivity index (χ2v) is 17.5. The minimum absolute atomic E-state index is 0.0382. The van der Waals surface area contributed by atoms with Crippen LogP contribution in [0, 0.1) is 17.2 Å². The number of fused-ring (bicyclic) bond motifs is 16. The van der Waals surface area contributed by atoms with Crippen LogP contribution in [0.4, 0.5) is 17.1 Å². The van der Waals surface area contributed by atoms with Gasteiger partial charge in [-0.1, -0.05) is 136 Å². The Bertz CT molecular complexity index is 3040. The Hall–Kier alpha value is -6.63. The number of aromatic nitrogens is 1. The van der Waals surface area contributed by atoms with E-state index in [9.17, 15) is 5.26 Å². The molecule has 4 atom stereocenters. The number of anilines is 3. The van der Waals surface area contributed by atoms with E-state index in [-0.39, 0.29) is 22.8 Å². The molecule has 2 heterocycles. The van der Waals surface area contributed by atoms with Crippen LogP contribution in [0.15, 0.2) is 169 Å². The fraction of sp³-hybridized carbons (Fsp3) is 0.167. The van der Waals surface area contributed by atoms with Gasteiger partial charge in [0.2, 0.25) is 0 Å². The number of hydrogen-bond donors (Lipinski definition) is 0. The van der Waals surface area contributed by atoms with Crippen LogP contribution in [-0.4, -0.2) is 4.57 Å². The van der Waals surface area contributed by atoms with Crippen molar-refractivity contribution in [1.29, 1.82) is 5.26 Å². The van der Waals surface area contributed by atoms with Crippen molar-refractivity contribution in [3.63, 3.8) is 0 Å². The van der Waals surface area contributed by atoms with Crippen molar-refractivity contribution >= 4 is 50.0 Å². The molecule has 57 heavy (non-hydrogen) atoms. The Morgan fingerprint density at radius 1 is 0.737 bits per heavy atom. The first-order valence-corrected chi connectivity index (χ1v) is 20.4. The lowest BCUT2D eigenvalue weighted by Gasteiger charge is -2.38. The summed E-state index contributed by atoms with van der Waals surface area (Å²) >= 11 is 0. The number of rotatable bonds is 3. The molecule has 272 valence electrons. The second-order valence-electron chi connectivity index (χ2n) is 17.5. The van der Waals surface area contributed by atoms with E-state index in [2.05, 4.69) is 188 Å². The van der Waals surface area contributed by atoms with Crippen molar-refractivity contribution in [2.45, 2.75) is 50.0 Å². The molecule has 1 aliphatic heterocycles. The molecule has 0 fully saturated rings. The van der Waals surface area contributed by atoms with Gasteiger partial charge in [0.1, 0.15) is 0 Å². The van der Waals surface area contributed by atoms with Gasteiger partial charge in [0.25, 0.3) is 0 Å². The highest BCUT2D eigenvalue weighted by atomic mass is 15.2. The lowest BCUT2D eigenvalue weighted by atomic mass is 9.63. The van der Waals surface area contributed by atoms with Crippen molar-refractivity contribution in [3.05, 3.63) is 208 Å². The van der Waals surface area contributed by atoms with E-state index in [0.717, 1.165) is 17.8 Å². The van der Waals surface area contributed by atoms with Crippen molar-refractivity contribution in [1.82, 2.24) is 4.57 Å². The van der Waals surface area contributed by atoms with E-state index in [1.807, 2.05) is 12.1 Å². The van der Waals surface area contributed by atoms with Crippen molar-refractivity contribution in [3.8, 4) is 6.07 Å². The normalized spacial score (nSPS) is 22.0. The number of benzene rings is 6. The fourth-order valence-electron chi connectivity index (χ4n) is 11.5. The topological polar surface area (TPSA) is 32.0 Å². The summed E-state index contributed by atoms with van der Waals surface area (Å²) < 4.78 is 2.71. The maximum Gasteiger partial charge on any atom is 0.0991 e. The van der Waals surface area contributed by atoms with Crippen LogP contribution < -0.4 is 4.90 Å². The van der Waals surface area contributed by atoms with Gasteiger partial charge >= 0.3 is 0 Å². The fourth-order valence-corrected chi connectivity index (χ4v) is 11.5. The number of nitrogens with zero attached hydrogens (tertiary/aromatic N) is 3. The Morgan fingerprint density at radius 3 is 2.18 bits per heavy atom. The summed E-state index contributed by atoms with van der Waals surface area (Å²) in [5.41, 5.74) is 19.1. The molecule has 0 bridgehead atoms. The number of hydrogen-bond acceptors (Lipinski definition) is 2. The molecule has 0 radical (unpaired) electrons. The molecule has 7 aromatic rings. The Morgan fingerprint density at radius 2 is 1.42 bits per heavy atom. The second kappa shape index (κ2) is 11.5. The zero-order valence-corrected chi connectivity index (χ0v) is 32.4. The van der Waals surface area contributed by atoms with Crippen LogP contribution >= 0.6 is 0 Å². The summed E-state index contributed by atoms with van der Waals surface area (Å²) in [7, 11) is 0. The molecule has 1 aromatic heterocycles. The monoisotopic (exact) mass is 731 g/mol. The van der Waals surface area contributed by atoms with Crippen LogP contribution in [0.2, 0.25) is 0 Å². The Kier molecular flexibility index (Phi) is 6.56. The van der Waals surface area contributed by atoms with Gasteiger partial charge in [0, 0.05) is 45.1 Å². The number of nitriles is 1. The molecule has 0 amide bonds. The molecule has 4 unspecified atom stereocenters. The van der Waals surface area contributed by atoms with E-state index < -0.39 is 0 Å². The van der Waals surface area contributed by atoms with Crippen molar-refractivity contribution in [2.24, 2.45) is 5.92 Å². The molecular formula is C54H41N3. The summed E-state index contributed by atoms with van der Waals surface area (Å²) in [6.45, 7) is 6.80. The first-order chi connectivity index (χ1) is 27.9. The van der Waals surface area contributed by atoms with Gasteiger partial charge < -0.3 is 9.47 Å². The number of para-hydroxylation sites is 1. The highest BCUT2D eigenvalue weighted by molar-refractivity contribution is 6.13. The largest absolute Gasteiger partial charge is 0.332 e. The third-order valence-corrected chi connectivity index (χ3v) is 13.8. The van der Waals surface area contributed by atoms with Crippen LogP contribution in [0.3, 0.4) is 0 Å². The summed E-state index contributed by atoms with van der Waals surface area (Å²) in [4.78, 5) is 2.42. The first kappa shape index (κ1) is 32.6. The average molecular weight is 732 g/mol. The summed E-state index contributed by atoms with van der Waals surface area (Å²) in [6, 6.07) is 51.9. The minimum atomic E-state index is -0.260. The predicted molar refractivity (Wildman–Crippen MR) is 234 cm³/mol. The molecule has 3 heteroatoms.